The first-order chi connectivity index (χ1) is 25.4. The van der Waals surface area contributed by atoms with Crippen molar-refractivity contribution < 1.29 is 68.7 Å². The number of ether oxygens (including phenoxy) is 5. The predicted octanol–water partition coefficient (Wildman–Crippen LogP) is 4.35. The summed E-state index contributed by atoms with van der Waals surface area (Å²) in [5.74, 6) is -3.87. The van der Waals surface area contributed by atoms with Gasteiger partial charge in [-0.1, -0.05) is 36.4 Å². The van der Waals surface area contributed by atoms with Crippen LogP contribution < -0.4 is 4.74 Å². The second kappa shape index (κ2) is 17.2. The Morgan fingerprint density at radius 1 is 0.698 bits per heavy atom. The fourth-order valence-corrected chi connectivity index (χ4v) is 5.19. The van der Waals surface area contributed by atoms with Gasteiger partial charge in [-0.05, 0) is 72.2 Å². The summed E-state index contributed by atoms with van der Waals surface area (Å²) < 4.78 is 28.4. The number of rotatable bonds is 13. The number of carbonyl (C=O) groups excluding carboxylic acids is 3. The first-order valence-corrected chi connectivity index (χ1v) is 16.2. The average molecular weight is 729 g/mol. The molecule has 0 saturated carbocycles. The number of phenolic OH excluding ortho intramolecular Hbond substituents is 5. The Morgan fingerprint density at radius 3 is 1.75 bits per heavy atom. The molecule has 14 nitrogen and oxygen atoms in total. The highest BCUT2D eigenvalue weighted by Gasteiger charge is 2.49. The van der Waals surface area contributed by atoms with Gasteiger partial charge in [0.1, 0.15) is 59.4 Å². The van der Waals surface area contributed by atoms with Crippen molar-refractivity contribution in [1.29, 1.82) is 0 Å². The molecule has 0 spiro atoms. The molecule has 0 amide bonds. The summed E-state index contributed by atoms with van der Waals surface area (Å²) in [6, 6.07) is 19.9. The zero-order chi connectivity index (χ0) is 38.1. The van der Waals surface area contributed by atoms with Gasteiger partial charge in [0.15, 0.2) is 24.3 Å². The van der Waals surface area contributed by atoms with Crippen molar-refractivity contribution in [3.05, 3.63) is 119 Å². The van der Waals surface area contributed by atoms with Crippen LogP contribution in [0.2, 0.25) is 0 Å². The fourth-order valence-electron chi connectivity index (χ4n) is 5.19. The van der Waals surface area contributed by atoms with Crippen LogP contribution in [-0.4, -0.2) is 85.7 Å². The van der Waals surface area contributed by atoms with Crippen LogP contribution in [0.3, 0.4) is 0 Å². The zero-order valence-corrected chi connectivity index (χ0v) is 28.1. The van der Waals surface area contributed by atoms with E-state index in [4.69, 9.17) is 23.7 Å². The number of hydrogen-bond acceptors (Lipinski definition) is 14. The monoisotopic (exact) mass is 728 g/mol. The summed E-state index contributed by atoms with van der Waals surface area (Å²) in [5.41, 5.74) is 1.34. The van der Waals surface area contributed by atoms with E-state index in [9.17, 15) is 45.0 Å². The van der Waals surface area contributed by atoms with Crippen molar-refractivity contribution >= 4 is 29.9 Å². The number of aliphatic hydroxyl groups is 1. The van der Waals surface area contributed by atoms with Crippen molar-refractivity contribution in [2.24, 2.45) is 0 Å². The Kier molecular flexibility index (Phi) is 12.3. The molecule has 0 unspecified atom stereocenters. The van der Waals surface area contributed by atoms with Crippen LogP contribution in [0, 0.1) is 0 Å². The van der Waals surface area contributed by atoms with Crippen LogP contribution in [0.25, 0.3) is 12.2 Å². The minimum Gasteiger partial charge on any atom is -0.508 e. The second-order valence-corrected chi connectivity index (χ2v) is 11.9. The number of aliphatic hydroxyl groups excluding tert-OH is 1. The lowest BCUT2D eigenvalue weighted by Gasteiger charge is -2.42. The first kappa shape index (κ1) is 37.9. The lowest BCUT2D eigenvalue weighted by Crippen LogP contribution is -2.60. The molecular weight excluding hydrogens is 692 g/mol. The van der Waals surface area contributed by atoms with Gasteiger partial charge in [0.2, 0.25) is 0 Å². The molecule has 1 aliphatic rings. The van der Waals surface area contributed by atoms with Gasteiger partial charge in [0, 0.05) is 24.3 Å². The third-order valence-electron chi connectivity index (χ3n) is 7.93. The van der Waals surface area contributed by atoms with Crippen LogP contribution in [-0.2, 0) is 35.1 Å². The summed E-state index contributed by atoms with van der Waals surface area (Å²) in [6.07, 6.45) is -2.48. The van der Waals surface area contributed by atoms with Crippen molar-refractivity contribution in [3.8, 4) is 34.5 Å². The van der Waals surface area contributed by atoms with E-state index in [0.717, 1.165) is 24.3 Å². The number of esters is 2. The first-order valence-electron chi connectivity index (χ1n) is 16.2. The van der Waals surface area contributed by atoms with E-state index < -0.39 is 66.5 Å². The molecule has 14 heteroatoms. The predicted molar refractivity (Wildman–Crippen MR) is 187 cm³/mol. The standard InChI is InChI=1S/C39H36O14/c1-22-36(48)37(52-33(46)16-8-23-2-10-26(40)11-3-23)38(53-34(47)17-9-24-4-12-27(41)13-5-24)39(51-22)50-21-31(45)35-30(44)18-29(43)19-32(35)49-20-25-6-14-28(42)15-7-25/h2-19,22,36-44,48H,20-21H2,1H3/t22-,36-,37+,38+,39+/m0/s1. The Morgan fingerprint density at radius 2 is 1.21 bits per heavy atom. The highest BCUT2D eigenvalue weighted by molar-refractivity contribution is 6.02. The molecule has 0 bridgehead atoms. The number of Topliss-reactive ketones (excluding diaryl/α,β-unsaturated/α-hetero) is 1. The molecule has 4 aromatic rings. The van der Waals surface area contributed by atoms with E-state index in [1.165, 1.54) is 67.6 Å². The second-order valence-electron chi connectivity index (χ2n) is 11.9. The van der Waals surface area contributed by atoms with Crippen LogP contribution in [0.1, 0.15) is 34.0 Å². The van der Waals surface area contributed by atoms with Crippen molar-refractivity contribution in [1.82, 2.24) is 0 Å². The quantitative estimate of drug-likeness (QED) is 0.0641. The summed E-state index contributed by atoms with van der Waals surface area (Å²) in [4.78, 5) is 39.5. The molecule has 5 atom stereocenters. The van der Waals surface area contributed by atoms with Gasteiger partial charge in [0.05, 0.1) is 6.10 Å². The van der Waals surface area contributed by atoms with Gasteiger partial charge in [0.25, 0.3) is 0 Å². The van der Waals surface area contributed by atoms with Gasteiger partial charge < -0.3 is 54.3 Å². The topological polar surface area (TPSA) is 219 Å². The SMILES string of the molecule is C[C@@H]1O[C@@H](OCC(=O)c2c(O)cc(O)cc2OCc2ccc(O)cc2)[C@H](OC(=O)C=Cc2ccc(O)cc2)[C@H](OC(=O)C=Cc2ccc(O)cc2)[C@H]1O. The van der Waals surface area contributed by atoms with Crippen molar-refractivity contribution in [3.63, 3.8) is 0 Å². The number of phenols is 5. The number of ketones is 1. The van der Waals surface area contributed by atoms with Crippen LogP contribution in [0.15, 0.2) is 97.1 Å². The summed E-state index contributed by atoms with van der Waals surface area (Å²) in [5, 5.41) is 60.4. The Hall–Kier alpha value is -6.35. The number of hydrogen-bond donors (Lipinski definition) is 6. The normalized spacial score (nSPS) is 19.9. The van der Waals surface area contributed by atoms with Crippen LogP contribution >= 0.6 is 0 Å². The Bertz CT molecular complexity index is 1950. The molecule has 0 aliphatic carbocycles. The third kappa shape index (κ3) is 10.4. The molecular formula is C39H36O14. The molecule has 276 valence electrons. The van der Waals surface area contributed by atoms with Gasteiger partial charge in [-0.2, -0.15) is 0 Å². The van der Waals surface area contributed by atoms with E-state index in [0.29, 0.717) is 16.7 Å². The van der Waals surface area contributed by atoms with Gasteiger partial charge >= 0.3 is 11.9 Å². The molecule has 0 radical (unpaired) electrons. The lowest BCUT2D eigenvalue weighted by atomic mass is 9.99. The molecule has 53 heavy (non-hydrogen) atoms. The van der Waals surface area contributed by atoms with Crippen LogP contribution in [0.4, 0.5) is 0 Å². The Labute approximate surface area is 303 Å². The van der Waals surface area contributed by atoms with E-state index >= 15 is 0 Å². The highest BCUT2D eigenvalue weighted by atomic mass is 16.7. The molecule has 1 saturated heterocycles. The summed E-state index contributed by atoms with van der Waals surface area (Å²) >= 11 is 0. The molecule has 5 rings (SSSR count). The van der Waals surface area contributed by atoms with Gasteiger partial charge in [-0.3, -0.25) is 4.79 Å². The highest BCUT2D eigenvalue weighted by Crippen LogP contribution is 2.35. The fraction of sp³-hybridized carbons (Fsp3) is 0.205. The van der Waals surface area contributed by atoms with Crippen LogP contribution in [0.5, 0.6) is 34.5 Å². The minimum atomic E-state index is -1.63. The summed E-state index contributed by atoms with van der Waals surface area (Å²) in [6.45, 7) is 0.537. The summed E-state index contributed by atoms with van der Waals surface area (Å²) in [7, 11) is 0. The molecule has 1 heterocycles. The van der Waals surface area contributed by atoms with Crippen molar-refractivity contribution in [2.45, 2.75) is 44.2 Å². The van der Waals surface area contributed by atoms with E-state index in [1.54, 1.807) is 24.3 Å². The van der Waals surface area contributed by atoms with E-state index in [1.807, 2.05) is 0 Å². The number of benzene rings is 4. The maximum Gasteiger partial charge on any atom is 0.331 e. The largest absolute Gasteiger partial charge is 0.508 e. The molecule has 6 N–H and O–H groups in total. The molecule has 4 aromatic carbocycles. The molecule has 1 aliphatic heterocycles. The minimum absolute atomic E-state index is 0.0162. The van der Waals surface area contributed by atoms with Gasteiger partial charge in [-0.25, -0.2) is 9.59 Å². The maximum absolute atomic E-state index is 13.5. The van der Waals surface area contributed by atoms with E-state index in [-0.39, 0.29) is 35.2 Å². The molecule has 0 aromatic heterocycles. The lowest BCUT2D eigenvalue weighted by molar-refractivity contribution is -0.295. The molecule has 1 fully saturated rings. The third-order valence-corrected chi connectivity index (χ3v) is 7.93. The average Bonchev–Trinajstić information content (AvgIpc) is 3.13. The van der Waals surface area contributed by atoms with Crippen molar-refractivity contribution in [2.75, 3.05) is 6.61 Å². The Balaban J connectivity index is 1.36. The zero-order valence-electron chi connectivity index (χ0n) is 28.1. The van der Waals surface area contributed by atoms with Gasteiger partial charge in [-0.15, -0.1) is 0 Å². The number of aromatic hydroxyl groups is 5. The van der Waals surface area contributed by atoms with E-state index in [2.05, 4.69) is 0 Å². The maximum atomic E-state index is 13.5. The number of carbonyl (C=O) groups is 3. The smallest absolute Gasteiger partial charge is 0.331 e.